The summed E-state index contributed by atoms with van der Waals surface area (Å²) in [4.78, 5) is 11.1. The second kappa shape index (κ2) is 9.47. The maximum absolute atomic E-state index is 13.9. The van der Waals surface area contributed by atoms with E-state index in [0.717, 1.165) is 6.07 Å². The van der Waals surface area contributed by atoms with Gasteiger partial charge in [-0.05, 0) is 60.0 Å². The van der Waals surface area contributed by atoms with Gasteiger partial charge in [0.2, 0.25) is 10.0 Å². The van der Waals surface area contributed by atoms with E-state index in [9.17, 15) is 17.6 Å². The summed E-state index contributed by atoms with van der Waals surface area (Å²) in [5, 5.41) is 9.06. The summed E-state index contributed by atoms with van der Waals surface area (Å²) in [6.07, 6.45) is 0. The molecule has 31 heavy (non-hydrogen) atoms. The molecule has 2 N–H and O–H groups in total. The van der Waals surface area contributed by atoms with E-state index in [2.05, 4.69) is 4.72 Å². The lowest BCUT2D eigenvalue weighted by atomic mass is 10.0. The van der Waals surface area contributed by atoms with Crippen LogP contribution >= 0.6 is 11.6 Å². The lowest BCUT2D eigenvalue weighted by molar-refractivity contribution is -0.139. The first-order valence-electron chi connectivity index (χ1n) is 9.15. The zero-order valence-corrected chi connectivity index (χ0v) is 18.0. The van der Waals surface area contributed by atoms with Crippen LogP contribution in [0.15, 0.2) is 65.6 Å². The summed E-state index contributed by atoms with van der Waals surface area (Å²) in [5.41, 5.74) is 1.93. The van der Waals surface area contributed by atoms with Crippen molar-refractivity contribution < 1.29 is 27.4 Å². The van der Waals surface area contributed by atoms with Gasteiger partial charge in [0.1, 0.15) is 11.6 Å². The van der Waals surface area contributed by atoms with Crippen molar-refractivity contribution in [1.82, 2.24) is 4.72 Å². The Kier molecular flexibility index (Phi) is 6.94. The van der Waals surface area contributed by atoms with Crippen LogP contribution in [0.3, 0.4) is 0 Å². The number of carboxylic acid groups (broad SMARTS) is 1. The van der Waals surface area contributed by atoms with Gasteiger partial charge in [-0.1, -0.05) is 35.9 Å². The number of carboxylic acids is 1. The summed E-state index contributed by atoms with van der Waals surface area (Å²) in [6, 6.07) is 15.2. The average Bonchev–Trinajstić information content (AvgIpc) is 2.70. The third-order valence-electron chi connectivity index (χ3n) is 4.42. The van der Waals surface area contributed by atoms with Crippen molar-refractivity contribution in [2.24, 2.45) is 0 Å². The molecular formula is C22H19ClFNO5S. The molecule has 0 amide bonds. The number of hydrogen-bond donors (Lipinski definition) is 2. The van der Waals surface area contributed by atoms with Crippen molar-refractivity contribution in [3.8, 4) is 16.9 Å². The monoisotopic (exact) mass is 463 g/mol. The highest BCUT2D eigenvalue weighted by atomic mass is 35.5. The Hall–Kier alpha value is -2.94. The molecule has 3 aromatic carbocycles. The summed E-state index contributed by atoms with van der Waals surface area (Å²) in [6.45, 7) is 1.08. The highest BCUT2D eigenvalue weighted by Gasteiger charge is 2.17. The molecule has 0 saturated heterocycles. The van der Waals surface area contributed by atoms with Crippen LogP contribution in [-0.4, -0.2) is 26.1 Å². The highest BCUT2D eigenvalue weighted by Crippen LogP contribution is 2.33. The second-order valence-electron chi connectivity index (χ2n) is 6.76. The fraction of sp³-hybridized carbons (Fsp3) is 0.136. The minimum atomic E-state index is -3.75. The van der Waals surface area contributed by atoms with E-state index in [0.29, 0.717) is 22.3 Å². The molecule has 3 aromatic rings. The molecule has 0 fully saturated rings. The van der Waals surface area contributed by atoms with Crippen LogP contribution in [0.25, 0.3) is 11.1 Å². The molecule has 0 unspecified atom stereocenters. The van der Waals surface area contributed by atoms with Crippen LogP contribution in [0.1, 0.15) is 11.1 Å². The number of sulfonamides is 1. The number of halogens is 2. The molecule has 6 nitrogen and oxygen atoms in total. The molecule has 0 bridgehead atoms. The van der Waals surface area contributed by atoms with Gasteiger partial charge < -0.3 is 9.84 Å². The van der Waals surface area contributed by atoms with Crippen LogP contribution in [0.4, 0.5) is 4.39 Å². The number of rotatable bonds is 8. The fourth-order valence-electron chi connectivity index (χ4n) is 3.00. The van der Waals surface area contributed by atoms with E-state index in [1.54, 1.807) is 37.3 Å². The van der Waals surface area contributed by atoms with Crippen molar-refractivity contribution >= 4 is 27.6 Å². The number of ether oxygens (including phenoxy) is 1. The molecule has 162 valence electrons. The van der Waals surface area contributed by atoms with Crippen LogP contribution in [0.2, 0.25) is 5.02 Å². The Morgan fingerprint density at radius 2 is 1.87 bits per heavy atom. The molecule has 0 aliphatic carbocycles. The Bertz CT molecular complexity index is 1210. The topological polar surface area (TPSA) is 92.7 Å². The lowest BCUT2D eigenvalue weighted by Crippen LogP contribution is -2.24. The number of aryl methyl sites for hydroxylation is 1. The Morgan fingerprint density at radius 1 is 1.13 bits per heavy atom. The zero-order chi connectivity index (χ0) is 22.6. The minimum absolute atomic E-state index is 0.0358. The lowest BCUT2D eigenvalue weighted by Gasteiger charge is -2.14. The van der Waals surface area contributed by atoms with Gasteiger partial charge in [-0.3, -0.25) is 0 Å². The van der Waals surface area contributed by atoms with Gasteiger partial charge in [0.15, 0.2) is 6.61 Å². The molecule has 0 spiro atoms. The van der Waals surface area contributed by atoms with Gasteiger partial charge in [-0.15, -0.1) is 0 Å². The van der Waals surface area contributed by atoms with Gasteiger partial charge in [0.25, 0.3) is 0 Å². The zero-order valence-electron chi connectivity index (χ0n) is 16.4. The number of nitrogens with one attached hydrogen (secondary N) is 1. The fourth-order valence-corrected chi connectivity index (χ4v) is 4.49. The SMILES string of the molecule is Cc1ccccc1S(=O)(=O)NCc1ccc(OCC(=O)O)c(-c2cc(F)cc(Cl)c2)c1. The van der Waals surface area contributed by atoms with Crippen molar-refractivity contribution in [1.29, 1.82) is 0 Å². The van der Waals surface area contributed by atoms with Crippen LogP contribution in [-0.2, 0) is 21.4 Å². The second-order valence-corrected chi connectivity index (χ2v) is 8.93. The first-order valence-corrected chi connectivity index (χ1v) is 11.0. The number of hydrogen-bond acceptors (Lipinski definition) is 4. The van der Waals surface area contributed by atoms with E-state index in [-0.39, 0.29) is 22.2 Å². The van der Waals surface area contributed by atoms with Crippen molar-refractivity contribution in [3.63, 3.8) is 0 Å². The summed E-state index contributed by atoms with van der Waals surface area (Å²) >= 11 is 5.96. The smallest absolute Gasteiger partial charge is 0.341 e. The van der Waals surface area contributed by atoms with Gasteiger partial charge in [-0.25, -0.2) is 22.3 Å². The third kappa shape index (κ3) is 5.81. The molecule has 0 atom stereocenters. The predicted molar refractivity (Wildman–Crippen MR) is 115 cm³/mol. The molecule has 0 heterocycles. The molecule has 0 aromatic heterocycles. The summed E-state index contributed by atoms with van der Waals surface area (Å²) in [7, 11) is -3.75. The quantitative estimate of drug-likeness (QED) is 0.516. The maximum Gasteiger partial charge on any atom is 0.341 e. The molecule has 0 radical (unpaired) electrons. The number of carbonyl (C=O) groups is 1. The van der Waals surface area contributed by atoms with Gasteiger partial charge in [0.05, 0.1) is 4.90 Å². The highest BCUT2D eigenvalue weighted by molar-refractivity contribution is 7.89. The van der Waals surface area contributed by atoms with E-state index >= 15 is 0 Å². The molecule has 0 aliphatic heterocycles. The average molecular weight is 464 g/mol. The first-order chi connectivity index (χ1) is 14.7. The molecule has 3 rings (SSSR count). The van der Waals surface area contributed by atoms with Gasteiger partial charge in [0, 0.05) is 17.1 Å². The summed E-state index contributed by atoms with van der Waals surface area (Å²) in [5.74, 6) is -1.54. The molecular weight excluding hydrogens is 445 g/mol. The Morgan fingerprint density at radius 3 is 2.55 bits per heavy atom. The first kappa shape index (κ1) is 22.7. The normalized spacial score (nSPS) is 11.3. The standard InChI is InChI=1S/C22H19ClFNO5S/c1-14-4-2-3-5-21(14)31(28,29)25-12-15-6-7-20(30-13-22(26)27)19(8-15)16-9-17(23)11-18(24)10-16/h2-11,25H,12-13H2,1H3,(H,26,27). The molecule has 0 aliphatic rings. The van der Waals surface area contributed by atoms with E-state index in [1.165, 1.54) is 24.3 Å². The number of aliphatic carboxylic acids is 1. The third-order valence-corrected chi connectivity index (χ3v) is 6.20. The molecule has 0 saturated carbocycles. The Balaban J connectivity index is 1.93. The van der Waals surface area contributed by atoms with Gasteiger partial charge in [-0.2, -0.15) is 0 Å². The molecule has 9 heteroatoms. The van der Waals surface area contributed by atoms with Crippen molar-refractivity contribution in [2.45, 2.75) is 18.4 Å². The predicted octanol–water partition coefficient (Wildman–Crippen LogP) is 4.40. The number of benzene rings is 3. The maximum atomic E-state index is 13.9. The van der Waals surface area contributed by atoms with Crippen LogP contribution in [0.5, 0.6) is 5.75 Å². The van der Waals surface area contributed by atoms with Crippen LogP contribution < -0.4 is 9.46 Å². The Labute approximate surface area is 184 Å². The van der Waals surface area contributed by atoms with E-state index < -0.39 is 28.4 Å². The van der Waals surface area contributed by atoms with E-state index in [4.69, 9.17) is 21.4 Å². The minimum Gasteiger partial charge on any atom is -0.481 e. The summed E-state index contributed by atoms with van der Waals surface area (Å²) < 4.78 is 47.0. The van der Waals surface area contributed by atoms with Crippen molar-refractivity contribution in [2.75, 3.05) is 6.61 Å². The van der Waals surface area contributed by atoms with Crippen LogP contribution in [0, 0.1) is 12.7 Å². The largest absolute Gasteiger partial charge is 0.481 e. The van der Waals surface area contributed by atoms with E-state index in [1.807, 2.05) is 0 Å². The van der Waals surface area contributed by atoms with Gasteiger partial charge >= 0.3 is 5.97 Å². The van der Waals surface area contributed by atoms with Crippen molar-refractivity contribution in [3.05, 3.63) is 82.6 Å².